The summed E-state index contributed by atoms with van der Waals surface area (Å²) in [6.45, 7) is 4.12. The van der Waals surface area contributed by atoms with Crippen molar-refractivity contribution in [3.05, 3.63) is 41.7 Å². The van der Waals surface area contributed by atoms with Crippen molar-refractivity contribution in [3.63, 3.8) is 0 Å². The molecule has 0 saturated heterocycles. The highest BCUT2D eigenvalue weighted by Gasteiger charge is 2.15. The first-order valence-electron chi connectivity index (χ1n) is 5.73. The molecule has 0 unspecified atom stereocenters. The number of hydrogen-bond donors (Lipinski definition) is 0. The number of rotatable bonds is 3. The zero-order valence-corrected chi connectivity index (χ0v) is 10.3. The van der Waals surface area contributed by atoms with Crippen LogP contribution in [0.25, 0.3) is 11.3 Å². The van der Waals surface area contributed by atoms with Gasteiger partial charge in [-0.3, -0.25) is 0 Å². The van der Waals surface area contributed by atoms with Gasteiger partial charge in [-0.15, -0.1) is 0 Å². The standard InChI is InChI=1S/C14H13N3O/c1-3-18-14-12(9-15)13(16-10(2)17-14)11-7-5-4-6-8-11/h4-8H,3H2,1-2H3. The van der Waals surface area contributed by atoms with E-state index in [9.17, 15) is 5.26 Å². The highest BCUT2D eigenvalue weighted by atomic mass is 16.5. The smallest absolute Gasteiger partial charge is 0.235 e. The second-order valence-corrected chi connectivity index (χ2v) is 3.71. The van der Waals surface area contributed by atoms with Gasteiger partial charge in [-0.25, -0.2) is 4.98 Å². The number of hydrogen-bond acceptors (Lipinski definition) is 4. The van der Waals surface area contributed by atoms with Crippen molar-refractivity contribution in [2.45, 2.75) is 13.8 Å². The fourth-order valence-corrected chi connectivity index (χ4v) is 1.69. The van der Waals surface area contributed by atoms with Crippen molar-refractivity contribution in [3.8, 4) is 23.2 Å². The maximum atomic E-state index is 9.27. The van der Waals surface area contributed by atoms with Crippen LogP contribution in [0.3, 0.4) is 0 Å². The number of benzene rings is 1. The molecule has 0 aliphatic carbocycles. The van der Waals surface area contributed by atoms with Crippen LogP contribution in [-0.2, 0) is 0 Å². The summed E-state index contributed by atoms with van der Waals surface area (Å²) >= 11 is 0. The van der Waals surface area contributed by atoms with Crippen LogP contribution >= 0.6 is 0 Å². The minimum atomic E-state index is 0.353. The molecule has 0 bridgehead atoms. The first kappa shape index (κ1) is 12.1. The summed E-state index contributed by atoms with van der Waals surface area (Å²) < 4.78 is 5.40. The molecule has 1 aromatic carbocycles. The molecule has 0 amide bonds. The van der Waals surface area contributed by atoms with Crippen LogP contribution in [0, 0.1) is 18.3 Å². The highest BCUT2D eigenvalue weighted by molar-refractivity contribution is 5.68. The first-order chi connectivity index (χ1) is 8.76. The van der Waals surface area contributed by atoms with Gasteiger partial charge in [-0.1, -0.05) is 30.3 Å². The van der Waals surface area contributed by atoms with Crippen molar-refractivity contribution >= 4 is 0 Å². The zero-order chi connectivity index (χ0) is 13.0. The molecule has 0 fully saturated rings. The van der Waals surface area contributed by atoms with Gasteiger partial charge in [0.25, 0.3) is 0 Å². The molecule has 4 heteroatoms. The van der Waals surface area contributed by atoms with Crippen molar-refractivity contribution in [2.24, 2.45) is 0 Å². The van der Waals surface area contributed by atoms with E-state index < -0.39 is 0 Å². The third kappa shape index (κ3) is 2.30. The van der Waals surface area contributed by atoms with Crippen LogP contribution in [0.5, 0.6) is 5.88 Å². The Morgan fingerprint density at radius 2 is 1.94 bits per heavy atom. The number of ether oxygens (including phenoxy) is 1. The minimum absolute atomic E-state index is 0.353. The zero-order valence-electron chi connectivity index (χ0n) is 10.3. The van der Waals surface area contributed by atoms with Crippen molar-refractivity contribution < 1.29 is 4.74 Å². The maximum absolute atomic E-state index is 9.27. The number of aromatic nitrogens is 2. The monoisotopic (exact) mass is 239 g/mol. The Morgan fingerprint density at radius 3 is 2.56 bits per heavy atom. The van der Waals surface area contributed by atoms with E-state index in [1.165, 1.54) is 0 Å². The van der Waals surface area contributed by atoms with Crippen LogP contribution in [0.4, 0.5) is 0 Å². The minimum Gasteiger partial charge on any atom is -0.477 e. The van der Waals surface area contributed by atoms with Crippen molar-refractivity contribution in [1.29, 1.82) is 5.26 Å². The lowest BCUT2D eigenvalue weighted by Gasteiger charge is -2.09. The molecule has 2 rings (SSSR count). The van der Waals surface area contributed by atoms with E-state index in [1.807, 2.05) is 37.3 Å². The average Bonchev–Trinajstić information content (AvgIpc) is 2.39. The molecule has 0 atom stereocenters. The largest absolute Gasteiger partial charge is 0.477 e. The van der Waals surface area contributed by atoms with Gasteiger partial charge in [0.1, 0.15) is 17.5 Å². The van der Waals surface area contributed by atoms with Crippen LogP contribution in [-0.4, -0.2) is 16.6 Å². The summed E-state index contributed by atoms with van der Waals surface area (Å²) in [4.78, 5) is 8.51. The molecule has 4 nitrogen and oxygen atoms in total. The predicted molar refractivity (Wildman–Crippen MR) is 68.1 cm³/mol. The fraction of sp³-hybridized carbons (Fsp3) is 0.214. The molecular weight excluding hydrogens is 226 g/mol. The van der Waals surface area contributed by atoms with Crippen molar-refractivity contribution in [2.75, 3.05) is 6.61 Å². The third-order valence-electron chi connectivity index (χ3n) is 2.43. The summed E-state index contributed by atoms with van der Waals surface area (Å²) in [7, 11) is 0. The first-order valence-corrected chi connectivity index (χ1v) is 5.73. The maximum Gasteiger partial charge on any atom is 0.235 e. The van der Waals surface area contributed by atoms with E-state index >= 15 is 0 Å². The van der Waals surface area contributed by atoms with Gasteiger partial charge in [0.2, 0.25) is 5.88 Å². The van der Waals surface area contributed by atoms with E-state index in [0.29, 0.717) is 29.6 Å². The summed E-state index contributed by atoms with van der Waals surface area (Å²) in [5.41, 5.74) is 1.89. The molecule has 0 saturated carbocycles. The number of nitrogens with zero attached hydrogens (tertiary/aromatic N) is 3. The predicted octanol–water partition coefficient (Wildman–Crippen LogP) is 2.72. The van der Waals surface area contributed by atoms with E-state index in [1.54, 1.807) is 6.92 Å². The molecule has 0 spiro atoms. The third-order valence-corrected chi connectivity index (χ3v) is 2.43. The Labute approximate surface area is 106 Å². The second-order valence-electron chi connectivity index (χ2n) is 3.71. The Bertz CT molecular complexity index is 588. The van der Waals surface area contributed by atoms with Gasteiger partial charge < -0.3 is 4.74 Å². The van der Waals surface area contributed by atoms with Gasteiger partial charge in [-0.05, 0) is 13.8 Å². The SMILES string of the molecule is CCOc1nc(C)nc(-c2ccccc2)c1C#N. The van der Waals surface area contributed by atoms with Gasteiger partial charge in [0.15, 0.2) is 0 Å². The molecule has 0 aliphatic rings. The van der Waals surface area contributed by atoms with E-state index in [-0.39, 0.29) is 0 Å². The highest BCUT2D eigenvalue weighted by Crippen LogP contribution is 2.26. The van der Waals surface area contributed by atoms with E-state index in [0.717, 1.165) is 5.56 Å². The summed E-state index contributed by atoms with van der Waals surface area (Å²) in [5, 5.41) is 9.27. The van der Waals surface area contributed by atoms with Gasteiger partial charge in [-0.2, -0.15) is 10.2 Å². The van der Waals surface area contributed by atoms with E-state index in [2.05, 4.69) is 16.0 Å². The Morgan fingerprint density at radius 1 is 1.22 bits per heavy atom. The van der Waals surface area contributed by atoms with Crippen LogP contribution in [0.15, 0.2) is 30.3 Å². The Kier molecular flexibility index (Phi) is 3.54. The molecular formula is C14H13N3O. The topological polar surface area (TPSA) is 58.8 Å². The Hall–Kier alpha value is -2.41. The normalized spacial score (nSPS) is 9.83. The quantitative estimate of drug-likeness (QED) is 0.826. The van der Waals surface area contributed by atoms with E-state index in [4.69, 9.17) is 4.74 Å². The van der Waals surface area contributed by atoms with Crippen LogP contribution in [0.1, 0.15) is 18.3 Å². The molecule has 0 radical (unpaired) electrons. The molecule has 2 aromatic rings. The molecule has 90 valence electrons. The molecule has 0 N–H and O–H groups in total. The molecule has 1 aromatic heterocycles. The lowest BCUT2D eigenvalue weighted by atomic mass is 10.1. The van der Waals surface area contributed by atoms with Gasteiger partial charge in [0, 0.05) is 5.56 Å². The van der Waals surface area contributed by atoms with Gasteiger partial charge in [0.05, 0.1) is 12.3 Å². The molecule has 0 aliphatic heterocycles. The lowest BCUT2D eigenvalue weighted by Crippen LogP contribution is -2.03. The summed E-state index contributed by atoms with van der Waals surface area (Å²) in [5.74, 6) is 0.947. The number of aryl methyl sites for hydroxylation is 1. The van der Waals surface area contributed by atoms with Crippen LogP contribution < -0.4 is 4.74 Å². The van der Waals surface area contributed by atoms with Crippen LogP contribution in [0.2, 0.25) is 0 Å². The Balaban J connectivity index is 2.64. The second kappa shape index (κ2) is 5.28. The summed E-state index contributed by atoms with van der Waals surface area (Å²) in [6.07, 6.45) is 0. The average molecular weight is 239 g/mol. The van der Waals surface area contributed by atoms with Gasteiger partial charge >= 0.3 is 0 Å². The fourth-order valence-electron chi connectivity index (χ4n) is 1.69. The lowest BCUT2D eigenvalue weighted by molar-refractivity contribution is 0.324. The molecule has 1 heterocycles. The number of nitriles is 1. The van der Waals surface area contributed by atoms with Crippen molar-refractivity contribution in [1.82, 2.24) is 9.97 Å². The molecule has 18 heavy (non-hydrogen) atoms. The summed E-state index contributed by atoms with van der Waals surface area (Å²) in [6, 6.07) is 11.7.